The van der Waals surface area contributed by atoms with Crippen LogP contribution in [-0.2, 0) is 4.74 Å². The fourth-order valence-electron chi connectivity index (χ4n) is 4.55. The SMILES string of the molecule is COc1cc(OC2OC(CO)C(O)C(O)C2O)c2c(O)c(C(=O)CCCN3C=CNC3)c(C)cc2c1. The summed E-state index contributed by atoms with van der Waals surface area (Å²) in [5.74, 6) is -0.0848. The number of Topliss-reactive ketones (excluding diaryl/α,β-unsaturated/α-hetero) is 1. The van der Waals surface area contributed by atoms with Gasteiger partial charge in [0.05, 0.1) is 31.3 Å². The second-order valence-electron chi connectivity index (χ2n) is 8.97. The lowest BCUT2D eigenvalue weighted by Crippen LogP contribution is -2.60. The number of hydrogen-bond donors (Lipinski definition) is 6. The van der Waals surface area contributed by atoms with Gasteiger partial charge in [-0.15, -0.1) is 0 Å². The summed E-state index contributed by atoms with van der Waals surface area (Å²) in [5.41, 5.74) is 0.751. The second kappa shape index (κ2) is 10.9. The number of methoxy groups -OCH3 is 1. The number of hydrogen-bond acceptors (Lipinski definition) is 11. The normalized spacial score (nSPS) is 25.7. The molecule has 196 valence electrons. The summed E-state index contributed by atoms with van der Waals surface area (Å²) in [6, 6.07) is 4.86. The van der Waals surface area contributed by atoms with Crippen molar-refractivity contribution in [2.75, 3.05) is 26.9 Å². The van der Waals surface area contributed by atoms with Gasteiger partial charge in [0.25, 0.3) is 0 Å². The van der Waals surface area contributed by atoms with Crippen molar-refractivity contribution >= 4 is 16.6 Å². The lowest BCUT2D eigenvalue weighted by atomic mass is 9.94. The van der Waals surface area contributed by atoms with E-state index in [1.165, 1.54) is 13.2 Å². The number of aryl methyl sites for hydroxylation is 1. The number of benzene rings is 2. The molecule has 1 saturated heterocycles. The number of fused-ring (bicyclic) bond motifs is 1. The molecule has 0 aromatic heterocycles. The van der Waals surface area contributed by atoms with Gasteiger partial charge < -0.3 is 50.0 Å². The summed E-state index contributed by atoms with van der Waals surface area (Å²) in [4.78, 5) is 15.2. The molecule has 2 aliphatic heterocycles. The number of ether oxygens (including phenoxy) is 3. The molecular weight excluding hydrogens is 472 g/mol. The second-order valence-corrected chi connectivity index (χ2v) is 8.97. The number of rotatable bonds is 9. The summed E-state index contributed by atoms with van der Waals surface area (Å²) < 4.78 is 16.7. The van der Waals surface area contributed by atoms with Crippen molar-refractivity contribution in [2.24, 2.45) is 0 Å². The zero-order chi connectivity index (χ0) is 26.0. The number of aliphatic hydroxyl groups is 4. The number of carbonyl (C=O) groups is 1. The van der Waals surface area contributed by atoms with Crippen molar-refractivity contribution in [1.29, 1.82) is 0 Å². The van der Waals surface area contributed by atoms with Gasteiger partial charge in [0.15, 0.2) is 5.78 Å². The third-order valence-electron chi connectivity index (χ3n) is 6.50. The molecule has 1 fully saturated rings. The third kappa shape index (κ3) is 5.06. The minimum absolute atomic E-state index is 0.0357. The highest BCUT2D eigenvalue weighted by atomic mass is 16.7. The van der Waals surface area contributed by atoms with Gasteiger partial charge in [0.2, 0.25) is 6.29 Å². The standard InChI is InChI=1S/C25H32N2O9/c1-13-8-14-9-15(34-2)10-17(35-25-24(33)23(32)21(30)18(11-28)36-25)20(14)22(31)19(13)16(29)4-3-6-27-7-5-26-12-27/h5,7-10,18,21,23-26,28,30-33H,3-4,6,11-12H2,1-2H3. The molecule has 6 N–H and O–H groups in total. The number of carbonyl (C=O) groups excluding carboxylic acids is 1. The van der Waals surface area contributed by atoms with E-state index in [4.69, 9.17) is 14.2 Å². The zero-order valence-corrected chi connectivity index (χ0v) is 20.1. The third-order valence-corrected chi connectivity index (χ3v) is 6.50. The Kier molecular flexibility index (Phi) is 7.86. The lowest BCUT2D eigenvalue weighted by molar-refractivity contribution is -0.277. The van der Waals surface area contributed by atoms with Gasteiger partial charge in [-0.3, -0.25) is 4.79 Å². The number of phenolic OH excluding ortho intramolecular Hbond substituents is 1. The fraction of sp³-hybridized carbons (Fsp3) is 0.480. The molecular formula is C25H32N2O9. The smallest absolute Gasteiger partial charge is 0.229 e. The van der Waals surface area contributed by atoms with Crippen molar-refractivity contribution < 1.29 is 44.5 Å². The molecule has 2 aromatic carbocycles. The highest BCUT2D eigenvalue weighted by molar-refractivity contribution is 6.08. The Hall–Kier alpha value is -3.09. The number of nitrogens with zero attached hydrogens (tertiary/aromatic N) is 1. The first-order valence-electron chi connectivity index (χ1n) is 11.7. The molecule has 2 aliphatic rings. The summed E-state index contributed by atoms with van der Waals surface area (Å²) in [6.07, 6.45) is -2.89. The van der Waals surface area contributed by atoms with E-state index in [0.717, 1.165) is 0 Å². The molecule has 0 bridgehead atoms. The number of aliphatic hydroxyl groups excluding tert-OH is 4. The Bertz CT molecular complexity index is 1140. The van der Waals surface area contributed by atoms with Crippen LogP contribution in [0.3, 0.4) is 0 Å². The van der Waals surface area contributed by atoms with E-state index in [0.29, 0.717) is 36.3 Å². The predicted octanol–water partition coefficient (Wildman–Crippen LogP) is 0.338. The summed E-state index contributed by atoms with van der Waals surface area (Å²) in [6.45, 7) is 2.49. The van der Waals surface area contributed by atoms with E-state index >= 15 is 0 Å². The molecule has 0 aliphatic carbocycles. The van der Waals surface area contributed by atoms with E-state index in [1.54, 1.807) is 19.1 Å². The molecule has 5 unspecified atom stereocenters. The monoisotopic (exact) mass is 504 g/mol. The van der Waals surface area contributed by atoms with E-state index in [-0.39, 0.29) is 34.7 Å². The molecule has 0 radical (unpaired) electrons. The van der Waals surface area contributed by atoms with Crippen LogP contribution in [-0.4, -0.2) is 93.9 Å². The van der Waals surface area contributed by atoms with Crippen LogP contribution < -0.4 is 14.8 Å². The summed E-state index contributed by atoms with van der Waals surface area (Å²) >= 11 is 0. The molecule has 2 heterocycles. The zero-order valence-electron chi connectivity index (χ0n) is 20.1. The average molecular weight is 505 g/mol. The molecule has 11 heteroatoms. The van der Waals surface area contributed by atoms with Gasteiger partial charge in [0.1, 0.15) is 41.7 Å². The van der Waals surface area contributed by atoms with Crippen LogP contribution >= 0.6 is 0 Å². The number of ketones is 1. The quantitative estimate of drug-likeness (QED) is 0.261. The van der Waals surface area contributed by atoms with Crippen LogP contribution in [0.1, 0.15) is 28.8 Å². The number of aromatic hydroxyl groups is 1. The van der Waals surface area contributed by atoms with Gasteiger partial charge in [-0.1, -0.05) is 6.07 Å². The Morgan fingerprint density at radius 1 is 1.19 bits per heavy atom. The Morgan fingerprint density at radius 2 is 1.97 bits per heavy atom. The minimum atomic E-state index is -1.65. The van der Waals surface area contributed by atoms with Crippen LogP contribution in [0.2, 0.25) is 0 Å². The lowest BCUT2D eigenvalue weighted by Gasteiger charge is -2.39. The van der Waals surface area contributed by atoms with E-state index < -0.39 is 37.3 Å². The van der Waals surface area contributed by atoms with Crippen LogP contribution in [0.25, 0.3) is 10.8 Å². The molecule has 5 atom stereocenters. The average Bonchev–Trinajstić information content (AvgIpc) is 3.37. The molecule has 0 saturated carbocycles. The highest BCUT2D eigenvalue weighted by Gasteiger charge is 2.45. The van der Waals surface area contributed by atoms with Crippen molar-refractivity contribution in [3.8, 4) is 17.2 Å². The van der Waals surface area contributed by atoms with E-state index in [9.17, 15) is 30.3 Å². The molecule has 2 aromatic rings. The van der Waals surface area contributed by atoms with Crippen molar-refractivity contribution in [3.63, 3.8) is 0 Å². The summed E-state index contributed by atoms with van der Waals surface area (Å²) in [7, 11) is 1.45. The predicted molar refractivity (Wildman–Crippen MR) is 129 cm³/mol. The van der Waals surface area contributed by atoms with Gasteiger partial charge in [-0.05, 0) is 30.4 Å². The first-order chi connectivity index (χ1) is 17.2. The maximum absolute atomic E-state index is 13.1. The van der Waals surface area contributed by atoms with Gasteiger partial charge >= 0.3 is 0 Å². The Labute approximate surface area is 208 Å². The molecule has 4 rings (SSSR count). The highest BCUT2D eigenvalue weighted by Crippen LogP contribution is 2.42. The molecule has 36 heavy (non-hydrogen) atoms. The molecule has 0 spiro atoms. The van der Waals surface area contributed by atoms with E-state index in [2.05, 4.69) is 5.32 Å². The van der Waals surface area contributed by atoms with Gasteiger partial charge in [0, 0.05) is 31.4 Å². The van der Waals surface area contributed by atoms with Crippen LogP contribution in [0, 0.1) is 6.92 Å². The minimum Gasteiger partial charge on any atom is -0.506 e. The van der Waals surface area contributed by atoms with Crippen LogP contribution in [0.4, 0.5) is 0 Å². The van der Waals surface area contributed by atoms with Crippen molar-refractivity contribution in [1.82, 2.24) is 10.2 Å². The first-order valence-corrected chi connectivity index (χ1v) is 11.7. The Morgan fingerprint density at radius 3 is 2.64 bits per heavy atom. The van der Waals surface area contributed by atoms with Crippen LogP contribution in [0.5, 0.6) is 17.2 Å². The van der Waals surface area contributed by atoms with Crippen molar-refractivity contribution in [2.45, 2.75) is 50.5 Å². The Balaban J connectivity index is 1.66. The fourth-order valence-corrected chi connectivity index (χ4v) is 4.55. The van der Waals surface area contributed by atoms with Crippen molar-refractivity contribution in [3.05, 3.63) is 41.7 Å². The first kappa shape index (κ1) is 26.0. The van der Waals surface area contributed by atoms with Crippen LogP contribution in [0.15, 0.2) is 30.6 Å². The maximum Gasteiger partial charge on any atom is 0.229 e. The molecule has 11 nitrogen and oxygen atoms in total. The van der Waals surface area contributed by atoms with Gasteiger partial charge in [-0.25, -0.2) is 0 Å². The summed E-state index contributed by atoms with van der Waals surface area (Å²) in [5, 5.41) is 55.1. The number of phenols is 1. The maximum atomic E-state index is 13.1. The van der Waals surface area contributed by atoms with Gasteiger partial charge in [-0.2, -0.15) is 0 Å². The topological polar surface area (TPSA) is 161 Å². The number of nitrogens with one attached hydrogen (secondary N) is 1. The molecule has 0 amide bonds. The largest absolute Gasteiger partial charge is 0.506 e. The van der Waals surface area contributed by atoms with E-state index in [1.807, 2.05) is 17.3 Å².